The van der Waals surface area contributed by atoms with Crippen LogP contribution in [0, 0.1) is 0 Å². The summed E-state index contributed by atoms with van der Waals surface area (Å²) in [5.74, 6) is 0.0560. The summed E-state index contributed by atoms with van der Waals surface area (Å²) in [6.45, 7) is 8.50. The number of nitrogens with two attached hydrogens (primary N) is 1. The standard InChI is InChI=1S/C17H26N2O3/c1-12(16(18)21)19-15(20)6-5-11-22-14-9-7-13(8-10-14)17(2,3)4/h7-10,12H,5-6,11H2,1-4H3,(H2,18,21)(H,19,20). The van der Waals surface area contributed by atoms with E-state index in [2.05, 4.69) is 38.2 Å². The molecule has 0 aliphatic carbocycles. The summed E-state index contributed by atoms with van der Waals surface area (Å²) in [6.07, 6.45) is 0.885. The summed E-state index contributed by atoms with van der Waals surface area (Å²) < 4.78 is 5.60. The first kappa shape index (κ1) is 18.0. The zero-order chi connectivity index (χ0) is 16.8. The molecule has 1 rings (SSSR count). The van der Waals surface area contributed by atoms with Crippen LogP contribution in [0.1, 0.15) is 46.1 Å². The molecule has 0 fully saturated rings. The summed E-state index contributed by atoms with van der Waals surface area (Å²) in [7, 11) is 0. The van der Waals surface area contributed by atoms with Crippen molar-refractivity contribution in [2.24, 2.45) is 5.73 Å². The van der Waals surface area contributed by atoms with Crippen LogP contribution in [0.3, 0.4) is 0 Å². The van der Waals surface area contributed by atoms with Gasteiger partial charge in [0.15, 0.2) is 0 Å². The smallest absolute Gasteiger partial charge is 0.239 e. The molecular formula is C17H26N2O3. The molecular weight excluding hydrogens is 280 g/mol. The first-order valence-electron chi connectivity index (χ1n) is 7.52. The predicted octanol–water partition coefficient (Wildman–Crippen LogP) is 2.13. The van der Waals surface area contributed by atoms with E-state index in [-0.39, 0.29) is 11.3 Å². The summed E-state index contributed by atoms with van der Waals surface area (Å²) in [4.78, 5) is 22.4. The normalized spacial score (nSPS) is 12.5. The fourth-order valence-electron chi connectivity index (χ4n) is 1.86. The maximum absolute atomic E-state index is 11.5. The van der Waals surface area contributed by atoms with Gasteiger partial charge in [-0.15, -0.1) is 0 Å². The zero-order valence-electron chi connectivity index (χ0n) is 13.8. The van der Waals surface area contributed by atoms with Gasteiger partial charge < -0.3 is 15.8 Å². The van der Waals surface area contributed by atoms with E-state index in [1.165, 1.54) is 5.56 Å². The maximum atomic E-state index is 11.5. The Labute approximate surface area is 132 Å². The number of carbonyl (C=O) groups excluding carboxylic acids is 2. The van der Waals surface area contributed by atoms with Crippen LogP contribution in [-0.4, -0.2) is 24.5 Å². The average molecular weight is 306 g/mol. The van der Waals surface area contributed by atoms with Gasteiger partial charge in [0.05, 0.1) is 6.61 Å². The first-order valence-corrected chi connectivity index (χ1v) is 7.52. The number of hydrogen-bond acceptors (Lipinski definition) is 3. The molecule has 0 saturated heterocycles. The number of rotatable bonds is 7. The SMILES string of the molecule is CC(NC(=O)CCCOc1ccc(C(C)(C)C)cc1)C(N)=O. The molecule has 22 heavy (non-hydrogen) atoms. The van der Waals surface area contributed by atoms with Gasteiger partial charge in [-0.05, 0) is 36.5 Å². The molecule has 1 aromatic carbocycles. The van der Waals surface area contributed by atoms with Crippen LogP contribution < -0.4 is 15.8 Å². The highest BCUT2D eigenvalue weighted by Crippen LogP contribution is 2.24. The third-order valence-corrected chi connectivity index (χ3v) is 3.34. The number of primary amides is 1. The topological polar surface area (TPSA) is 81.4 Å². The van der Waals surface area contributed by atoms with Crippen molar-refractivity contribution in [2.45, 2.75) is 52.0 Å². The second kappa shape index (κ2) is 7.82. The molecule has 0 aromatic heterocycles. The molecule has 1 atom stereocenters. The summed E-state index contributed by atoms with van der Waals surface area (Å²) in [5, 5.41) is 2.53. The van der Waals surface area contributed by atoms with Gasteiger partial charge in [-0.1, -0.05) is 32.9 Å². The predicted molar refractivity (Wildman–Crippen MR) is 86.7 cm³/mol. The molecule has 5 heteroatoms. The van der Waals surface area contributed by atoms with Crippen LogP contribution in [-0.2, 0) is 15.0 Å². The molecule has 1 aromatic rings. The molecule has 0 spiro atoms. The lowest BCUT2D eigenvalue weighted by Gasteiger charge is -2.19. The summed E-state index contributed by atoms with van der Waals surface area (Å²) in [6, 6.07) is 7.34. The highest BCUT2D eigenvalue weighted by Gasteiger charge is 2.13. The Bertz CT molecular complexity index is 504. The molecule has 5 nitrogen and oxygen atoms in total. The zero-order valence-corrected chi connectivity index (χ0v) is 13.8. The van der Waals surface area contributed by atoms with E-state index in [0.29, 0.717) is 19.4 Å². The van der Waals surface area contributed by atoms with Gasteiger partial charge in [0.25, 0.3) is 0 Å². The van der Waals surface area contributed by atoms with E-state index in [9.17, 15) is 9.59 Å². The van der Waals surface area contributed by atoms with Crippen LogP contribution in [0.5, 0.6) is 5.75 Å². The molecule has 1 unspecified atom stereocenters. The Morgan fingerprint density at radius 2 is 1.82 bits per heavy atom. The fraction of sp³-hybridized carbons (Fsp3) is 0.529. The van der Waals surface area contributed by atoms with E-state index in [4.69, 9.17) is 10.5 Å². The minimum absolute atomic E-state index is 0.119. The quantitative estimate of drug-likeness (QED) is 0.757. The Morgan fingerprint density at radius 1 is 1.23 bits per heavy atom. The van der Waals surface area contributed by atoms with Gasteiger partial charge in [-0.3, -0.25) is 9.59 Å². The fourth-order valence-corrected chi connectivity index (χ4v) is 1.86. The van der Waals surface area contributed by atoms with E-state index in [0.717, 1.165) is 5.75 Å². The Balaban J connectivity index is 2.30. The number of hydrogen-bond donors (Lipinski definition) is 2. The Kier molecular flexibility index (Phi) is 6.40. The van der Waals surface area contributed by atoms with Crippen molar-refractivity contribution >= 4 is 11.8 Å². The highest BCUT2D eigenvalue weighted by molar-refractivity contribution is 5.86. The van der Waals surface area contributed by atoms with E-state index in [1.54, 1.807) is 6.92 Å². The highest BCUT2D eigenvalue weighted by atomic mass is 16.5. The van der Waals surface area contributed by atoms with Crippen molar-refractivity contribution in [1.82, 2.24) is 5.32 Å². The van der Waals surface area contributed by atoms with Gasteiger partial charge in [-0.2, -0.15) is 0 Å². The van der Waals surface area contributed by atoms with Crippen molar-refractivity contribution in [2.75, 3.05) is 6.61 Å². The second-order valence-corrected chi connectivity index (χ2v) is 6.42. The van der Waals surface area contributed by atoms with Crippen molar-refractivity contribution < 1.29 is 14.3 Å². The molecule has 0 saturated carbocycles. The third-order valence-electron chi connectivity index (χ3n) is 3.34. The van der Waals surface area contributed by atoms with Crippen LogP contribution >= 0.6 is 0 Å². The number of nitrogens with one attached hydrogen (secondary N) is 1. The average Bonchev–Trinajstić information content (AvgIpc) is 2.43. The monoisotopic (exact) mass is 306 g/mol. The summed E-state index contributed by atoms with van der Waals surface area (Å²) >= 11 is 0. The maximum Gasteiger partial charge on any atom is 0.239 e. The lowest BCUT2D eigenvalue weighted by Crippen LogP contribution is -2.42. The van der Waals surface area contributed by atoms with Crippen molar-refractivity contribution in [1.29, 1.82) is 0 Å². The Morgan fingerprint density at radius 3 is 2.32 bits per heavy atom. The van der Waals surface area contributed by atoms with Gasteiger partial charge in [0, 0.05) is 6.42 Å². The van der Waals surface area contributed by atoms with Gasteiger partial charge in [-0.25, -0.2) is 0 Å². The van der Waals surface area contributed by atoms with Crippen molar-refractivity contribution in [3.05, 3.63) is 29.8 Å². The lowest BCUT2D eigenvalue weighted by atomic mass is 9.87. The molecule has 0 bridgehead atoms. The summed E-state index contributed by atoms with van der Waals surface area (Å²) in [5.41, 5.74) is 6.45. The molecule has 0 aliphatic rings. The van der Waals surface area contributed by atoms with Crippen LogP contribution in [0.25, 0.3) is 0 Å². The number of amides is 2. The minimum Gasteiger partial charge on any atom is -0.494 e. The number of carbonyl (C=O) groups is 2. The largest absolute Gasteiger partial charge is 0.494 e. The first-order chi connectivity index (χ1) is 10.2. The van der Waals surface area contributed by atoms with E-state index < -0.39 is 11.9 Å². The van der Waals surface area contributed by atoms with E-state index in [1.807, 2.05) is 12.1 Å². The van der Waals surface area contributed by atoms with Gasteiger partial charge >= 0.3 is 0 Å². The molecule has 3 N–H and O–H groups in total. The van der Waals surface area contributed by atoms with E-state index >= 15 is 0 Å². The van der Waals surface area contributed by atoms with Crippen molar-refractivity contribution in [3.8, 4) is 5.75 Å². The minimum atomic E-state index is -0.640. The third kappa shape index (κ3) is 6.16. The van der Waals surface area contributed by atoms with Crippen LogP contribution in [0.2, 0.25) is 0 Å². The molecule has 0 heterocycles. The van der Waals surface area contributed by atoms with Crippen LogP contribution in [0.4, 0.5) is 0 Å². The molecule has 0 radical (unpaired) electrons. The number of benzene rings is 1. The molecule has 122 valence electrons. The molecule has 0 aliphatic heterocycles. The van der Waals surface area contributed by atoms with Gasteiger partial charge in [0.2, 0.25) is 11.8 Å². The number of ether oxygens (including phenoxy) is 1. The van der Waals surface area contributed by atoms with Crippen molar-refractivity contribution in [3.63, 3.8) is 0 Å². The molecule has 2 amide bonds. The lowest BCUT2D eigenvalue weighted by molar-refractivity contribution is -0.127. The van der Waals surface area contributed by atoms with Crippen LogP contribution in [0.15, 0.2) is 24.3 Å². The second-order valence-electron chi connectivity index (χ2n) is 6.42. The Hall–Kier alpha value is -2.04. The van der Waals surface area contributed by atoms with Gasteiger partial charge in [0.1, 0.15) is 11.8 Å².